The van der Waals surface area contributed by atoms with Gasteiger partial charge in [0.25, 0.3) is 0 Å². The molecule has 2 aliphatic heterocycles. The molecule has 3 atom stereocenters. The average Bonchev–Trinajstić information content (AvgIpc) is 3.22. The molecule has 3 aromatic rings. The van der Waals surface area contributed by atoms with E-state index in [-0.39, 0.29) is 12.0 Å². The van der Waals surface area contributed by atoms with E-state index in [1.54, 1.807) is 0 Å². The third-order valence-electron chi connectivity index (χ3n) is 5.24. The zero-order valence-electron chi connectivity index (χ0n) is 12.9. The summed E-state index contributed by atoms with van der Waals surface area (Å²) in [6, 6.07) is 10.6. The van der Waals surface area contributed by atoms with Gasteiger partial charge in [0.1, 0.15) is 6.10 Å². The Morgan fingerprint density at radius 3 is 3.04 bits per heavy atom. The van der Waals surface area contributed by atoms with Crippen LogP contribution < -0.4 is 0 Å². The van der Waals surface area contributed by atoms with Crippen LogP contribution in [0.15, 0.2) is 42.9 Å². The lowest BCUT2D eigenvalue weighted by molar-refractivity contribution is 0.0525. The summed E-state index contributed by atoms with van der Waals surface area (Å²) in [5, 5.41) is 15.5. The number of benzene rings is 1. The Morgan fingerprint density at radius 2 is 2.13 bits per heavy atom. The Labute approximate surface area is 134 Å². The third-order valence-corrected chi connectivity index (χ3v) is 5.24. The second-order valence-corrected chi connectivity index (χ2v) is 6.55. The first kappa shape index (κ1) is 13.1. The highest BCUT2D eigenvalue weighted by Crippen LogP contribution is 2.48. The lowest BCUT2D eigenvalue weighted by atomic mass is 9.83. The van der Waals surface area contributed by atoms with Crippen molar-refractivity contribution in [2.45, 2.75) is 32.0 Å². The van der Waals surface area contributed by atoms with Gasteiger partial charge in [0.05, 0.1) is 35.6 Å². The van der Waals surface area contributed by atoms with Gasteiger partial charge >= 0.3 is 0 Å². The average molecular weight is 306 g/mol. The molecule has 0 bridgehead atoms. The Bertz CT molecular complexity index is 894. The molecule has 0 fully saturated rings. The van der Waals surface area contributed by atoms with Crippen LogP contribution in [-0.4, -0.2) is 24.4 Å². The maximum absolute atomic E-state index is 11.0. The van der Waals surface area contributed by atoms with Gasteiger partial charge in [-0.1, -0.05) is 24.3 Å². The van der Waals surface area contributed by atoms with E-state index in [2.05, 4.69) is 38.9 Å². The van der Waals surface area contributed by atoms with E-state index in [4.69, 9.17) is 0 Å². The first-order valence-electron chi connectivity index (χ1n) is 8.07. The van der Waals surface area contributed by atoms with Crippen molar-refractivity contribution in [1.29, 1.82) is 0 Å². The van der Waals surface area contributed by atoms with Crippen molar-refractivity contribution in [2.24, 2.45) is 5.92 Å². The van der Waals surface area contributed by atoms with Crippen LogP contribution in [0.4, 0.5) is 0 Å². The SMILES string of the molecule is Cc1cc2n(n1)CCC(C1c3ccccc3-c3cncn31)C2O. The number of aryl methyl sites for hydroxylation is 2. The number of aliphatic hydroxyl groups is 1. The van der Waals surface area contributed by atoms with Crippen molar-refractivity contribution in [3.05, 3.63) is 59.8 Å². The first-order chi connectivity index (χ1) is 11.2. The molecule has 3 unspecified atom stereocenters. The van der Waals surface area contributed by atoms with Crippen molar-refractivity contribution in [3.63, 3.8) is 0 Å². The molecule has 0 saturated heterocycles. The van der Waals surface area contributed by atoms with Crippen molar-refractivity contribution in [3.8, 4) is 11.3 Å². The maximum Gasteiger partial charge on any atom is 0.101 e. The fraction of sp³-hybridized carbons (Fsp3) is 0.333. The van der Waals surface area contributed by atoms with Crippen LogP contribution in [0.3, 0.4) is 0 Å². The molecule has 1 aromatic carbocycles. The lowest BCUT2D eigenvalue weighted by Gasteiger charge is -2.34. The van der Waals surface area contributed by atoms with Gasteiger partial charge in [-0.05, 0) is 25.0 Å². The van der Waals surface area contributed by atoms with E-state index >= 15 is 0 Å². The fourth-order valence-corrected chi connectivity index (χ4v) is 4.27. The minimum Gasteiger partial charge on any atom is -0.386 e. The van der Waals surface area contributed by atoms with Crippen LogP contribution in [0.2, 0.25) is 0 Å². The van der Waals surface area contributed by atoms with Crippen molar-refractivity contribution < 1.29 is 5.11 Å². The van der Waals surface area contributed by atoms with Gasteiger partial charge in [0.15, 0.2) is 0 Å². The number of imidazole rings is 1. The molecule has 4 heterocycles. The molecule has 5 rings (SSSR count). The Kier molecular flexibility index (Phi) is 2.59. The number of hydrogen-bond acceptors (Lipinski definition) is 3. The predicted octanol–water partition coefficient (Wildman–Crippen LogP) is 2.71. The number of fused-ring (bicyclic) bond motifs is 4. The molecule has 23 heavy (non-hydrogen) atoms. The van der Waals surface area contributed by atoms with Crippen LogP contribution in [0.5, 0.6) is 0 Å². The molecule has 2 aromatic heterocycles. The second-order valence-electron chi connectivity index (χ2n) is 6.55. The Hall–Kier alpha value is -2.40. The first-order valence-corrected chi connectivity index (χ1v) is 8.07. The summed E-state index contributed by atoms with van der Waals surface area (Å²) < 4.78 is 4.17. The van der Waals surface area contributed by atoms with Crippen LogP contribution in [0, 0.1) is 12.8 Å². The van der Waals surface area contributed by atoms with Crippen molar-refractivity contribution >= 4 is 0 Å². The Morgan fingerprint density at radius 1 is 1.26 bits per heavy atom. The molecule has 0 saturated carbocycles. The smallest absolute Gasteiger partial charge is 0.101 e. The van der Waals surface area contributed by atoms with E-state index in [0.29, 0.717) is 0 Å². The summed E-state index contributed by atoms with van der Waals surface area (Å²) in [6.45, 7) is 2.83. The quantitative estimate of drug-likeness (QED) is 0.752. The van der Waals surface area contributed by atoms with Crippen LogP contribution in [0.1, 0.15) is 35.5 Å². The largest absolute Gasteiger partial charge is 0.386 e. The molecule has 5 heteroatoms. The summed E-state index contributed by atoms with van der Waals surface area (Å²) in [6.07, 6.45) is 4.22. The van der Waals surface area contributed by atoms with Gasteiger partial charge in [-0.2, -0.15) is 5.10 Å². The normalized spacial score (nSPS) is 25.0. The predicted molar refractivity (Wildman–Crippen MR) is 85.8 cm³/mol. The van der Waals surface area contributed by atoms with Gasteiger partial charge in [-0.15, -0.1) is 0 Å². The summed E-state index contributed by atoms with van der Waals surface area (Å²) >= 11 is 0. The molecule has 0 radical (unpaired) electrons. The van der Waals surface area contributed by atoms with Gasteiger partial charge < -0.3 is 9.67 Å². The molecular formula is C18H18N4O. The van der Waals surface area contributed by atoms with E-state index in [1.807, 2.05) is 30.2 Å². The zero-order chi connectivity index (χ0) is 15.6. The van der Waals surface area contributed by atoms with E-state index in [0.717, 1.165) is 30.0 Å². The number of nitrogens with zero attached hydrogens (tertiary/aromatic N) is 4. The summed E-state index contributed by atoms with van der Waals surface area (Å²) in [5.74, 6) is 0.134. The number of hydrogen-bond donors (Lipinski definition) is 1. The highest BCUT2D eigenvalue weighted by atomic mass is 16.3. The molecule has 0 aliphatic carbocycles. The minimum absolute atomic E-state index is 0.134. The number of rotatable bonds is 1. The van der Waals surface area contributed by atoms with E-state index in [1.165, 1.54) is 11.1 Å². The minimum atomic E-state index is -0.503. The van der Waals surface area contributed by atoms with Crippen LogP contribution >= 0.6 is 0 Å². The monoisotopic (exact) mass is 306 g/mol. The molecule has 0 amide bonds. The van der Waals surface area contributed by atoms with Gasteiger partial charge in [-0.25, -0.2) is 4.98 Å². The van der Waals surface area contributed by atoms with Gasteiger partial charge in [0, 0.05) is 18.0 Å². The van der Waals surface area contributed by atoms with Crippen LogP contribution in [0.25, 0.3) is 11.3 Å². The van der Waals surface area contributed by atoms with Gasteiger partial charge in [-0.3, -0.25) is 4.68 Å². The summed E-state index contributed by atoms with van der Waals surface area (Å²) in [7, 11) is 0. The van der Waals surface area contributed by atoms with Crippen molar-refractivity contribution in [2.75, 3.05) is 0 Å². The zero-order valence-corrected chi connectivity index (χ0v) is 12.9. The van der Waals surface area contributed by atoms with Crippen molar-refractivity contribution in [1.82, 2.24) is 19.3 Å². The van der Waals surface area contributed by atoms with E-state index < -0.39 is 6.10 Å². The summed E-state index contributed by atoms with van der Waals surface area (Å²) in [5.41, 5.74) is 5.57. The molecule has 116 valence electrons. The molecule has 0 spiro atoms. The second kappa shape index (κ2) is 4.55. The lowest BCUT2D eigenvalue weighted by Crippen LogP contribution is -2.31. The number of aliphatic hydroxyl groups excluding tert-OH is 1. The molecule has 2 aliphatic rings. The number of aromatic nitrogens is 4. The molecular weight excluding hydrogens is 288 g/mol. The highest BCUT2D eigenvalue weighted by molar-refractivity contribution is 5.69. The van der Waals surface area contributed by atoms with Crippen LogP contribution in [-0.2, 0) is 6.54 Å². The topological polar surface area (TPSA) is 55.9 Å². The van der Waals surface area contributed by atoms with Gasteiger partial charge in [0.2, 0.25) is 0 Å². The third kappa shape index (κ3) is 1.71. The highest BCUT2D eigenvalue weighted by Gasteiger charge is 2.40. The van der Waals surface area contributed by atoms with E-state index in [9.17, 15) is 5.11 Å². The summed E-state index contributed by atoms with van der Waals surface area (Å²) in [4.78, 5) is 4.32. The molecule has 5 nitrogen and oxygen atoms in total. The standard InChI is InChI=1S/C18H18N4O/c1-11-8-15-18(23)14(6-7-22(15)20-11)17-13-5-3-2-4-12(13)16-9-19-10-21(16)17/h2-5,8-10,14,17-18,23H,6-7H2,1H3. The maximum atomic E-state index is 11.0. The molecule has 1 N–H and O–H groups in total. The Balaban J connectivity index is 1.63. The fourth-order valence-electron chi connectivity index (χ4n) is 4.27.